The SMILES string of the molecule is CC(C)Oc1cc2c(OC[C@H]3NC(=O)[C@@H]4CNC[C@H]34)nccc2cc1C(N)=O. The van der Waals surface area contributed by atoms with E-state index in [0.717, 1.165) is 17.3 Å². The average molecular weight is 384 g/mol. The van der Waals surface area contributed by atoms with Crippen LogP contribution in [-0.2, 0) is 4.79 Å². The molecule has 2 aliphatic heterocycles. The molecule has 3 heterocycles. The molecule has 2 aromatic rings. The molecule has 0 radical (unpaired) electrons. The van der Waals surface area contributed by atoms with E-state index in [1.807, 2.05) is 13.8 Å². The number of nitrogens with two attached hydrogens (primary N) is 1. The quantitative estimate of drug-likeness (QED) is 0.680. The molecule has 2 amide bonds. The van der Waals surface area contributed by atoms with Gasteiger partial charge in [-0.2, -0.15) is 0 Å². The zero-order chi connectivity index (χ0) is 19.8. The van der Waals surface area contributed by atoms with Crippen LogP contribution < -0.4 is 25.8 Å². The van der Waals surface area contributed by atoms with Crippen LogP contribution in [0, 0.1) is 11.8 Å². The van der Waals surface area contributed by atoms with Gasteiger partial charge in [-0.05, 0) is 37.4 Å². The Balaban J connectivity index is 1.62. The lowest BCUT2D eigenvalue weighted by molar-refractivity contribution is -0.122. The predicted molar refractivity (Wildman–Crippen MR) is 103 cm³/mol. The number of benzene rings is 1. The number of amides is 2. The standard InChI is InChI=1S/C20H24N4O4/c1-10(2)28-17-6-12-11(5-13(17)18(21)25)3-4-23-20(12)27-9-16-14-7-22-8-15(14)19(26)24-16/h3-6,10,14-16,22H,7-9H2,1-2H3,(H2,21,25)(H,24,26)/t14-,15+,16+/m0/s1. The highest BCUT2D eigenvalue weighted by molar-refractivity contribution is 6.01. The number of nitrogens with one attached hydrogen (secondary N) is 2. The van der Waals surface area contributed by atoms with Crippen molar-refractivity contribution in [1.29, 1.82) is 0 Å². The Bertz CT molecular complexity index is 930. The molecule has 148 valence electrons. The van der Waals surface area contributed by atoms with E-state index in [2.05, 4.69) is 15.6 Å². The van der Waals surface area contributed by atoms with Crippen molar-refractivity contribution < 1.29 is 19.1 Å². The van der Waals surface area contributed by atoms with Crippen LogP contribution in [0.2, 0.25) is 0 Å². The van der Waals surface area contributed by atoms with Crippen molar-refractivity contribution in [2.45, 2.75) is 26.0 Å². The zero-order valence-corrected chi connectivity index (χ0v) is 15.9. The van der Waals surface area contributed by atoms with Crippen LogP contribution in [0.25, 0.3) is 10.8 Å². The first-order valence-corrected chi connectivity index (χ1v) is 9.47. The van der Waals surface area contributed by atoms with Gasteiger partial charge in [0, 0.05) is 30.6 Å². The minimum atomic E-state index is -0.551. The van der Waals surface area contributed by atoms with E-state index in [4.69, 9.17) is 15.2 Å². The maximum atomic E-state index is 12.1. The molecule has 8 heteroatoms. The summed E-state index contributed by atoms with van der Waals surface area (Å²) in [5.74, 6) is 0.605. The molecular formula is C20H24N4O4. The van der Waals surface area contributed by atoms with E-state index in [-0.39, 0.29) is 29.9 Å². The molecule has 0 unspecified atom stereocenters. The fraction of sp³-hybridized carbons (Fsp3) is 0.450. The van der Waals surface area contributed by atoms with Crippen LogP contribution in [0.4, 0.5) is 0 Å². The van der Waals surface area contributed by atoms with Gasteiger partial charge in [-0.3, -0.25) is 9.59 Å². The molecule has 2 fully saturated rings. The number of aromatic nitrogens is 1. The Kier molecular flexibility index (Phi) is 4.80. The van der Waals surface area contributed by atoms with Gasteiger partial charge < -0.3 is 25.8 Å². The van der Waals surface area contributed by atoms with Gasteiger partial charge in [0.15, 0.2) is 0 Å². The third-order valence-corrected chi connectivity index (χ3v) is 5.30. The van der Waals surface area contributed by atoms with Gasteiger partial charge in [0.25, 0.3) is 5.91 Å². The van der Waals surface area contributed by atoms with Gasteiger partial charge in [-0.25, -0.2) is 4.98 Å². The van der Waals surface area contributed by atoms with Crippen LogP contribution in [0.15, 0.2) is 24.4 Å². The van der Waals surface area contributed by atoms with Crippen LogP contribution in [0.1, 0.15) is 24.2 Å². The fourth-order valence-electron chi connectivity index (χ4n) is 3.97. The normalized spacial score (nSPS) is 23.7. The molecule has 4 rings (SSSR count). The maximum Gasteiger partial charge on any atom is 0.252 e. The number of fused-ring (bicyclic) bond motifs is 2. The zero-order valence-electron chi connectivity index (χ0n) is 15.9. The van der Waals surface area contributed by atoms with Crippen molar-refractivity contribution >= 4 is 22.6 Å². The summed E-state index contributed by atoms with van der Waals surface area (Å²) in [6, 6.07) is 5.17. The summed E-state index contributed by atoms with van der Waals surface area (Å²) in [6.07, 6.45) is 1.51. The molecule has 0 bridgehead atoms. The number of pyridine rings is 1. The number of rotatable bonds is 6. The lowest BCUT2D eigenvalue weighted by Gasteiger charge is -2.19. The molecule has 0 aliphatic carbocycles. The molecule has 2 aliphatic rings. The fourth-order valence-corrected chi connectivity index (χ4v) is 3.97. The van der Waals surface area contributed by atoms with Gasteiger partial charge in [0.1, 0.15) is 12.4 Å². The number of hydrogen-bond donors (Lipinski definition) is 3. The van der Waals surface area contributed by atoms with Crippen molar-refractivity contribution in [2.24, 2.45) is 17.6 Å². The van der Waals surface area contributed by atoms with Crippen molar-refractivity contribution in [3.63, 3.8) is 0 Å². The van der Waals surface area contributed by atoms with E-state index >= 15 is 0 Å². The molecule has 1 aromatic carbocycles. The summed E-state index contributed by atoms with van der Waals surface area (Å²) in [4.78, 5) is 28.2. The smallest absolute Gasteiger partial charge is 0.252 e. The summed E-state index contributed by atoms with van der Waals surface area (Å²) >= 11 is 0. The maximum absolute atomic E-state index is 12.1. The Morgan fingerprint density at radius 3 is 2.93 bits per heavy atom. The molecule has 28 heavy (non-hydrogen) atoms. The molecule has 3 atom stereocenters. The number of ether oxygens (including phenoxy) is 2. The first-order chi connectivity index (χ1) is 13.4. The molecular weight excluding hydrogens is 360 g/mol. The van der Waals surface area contributed by atoms with E-state index in [1.54, 1.807) is 24.4 Å². The van der Waals surface area contributed by atoms with E-state index in [0.29, 0.717) is 30.3 Å². The topological polar surface area (TPSA) is 116 Å². The molecule has 8 nitrogen and oxygen atoms in total. The van der Waals surface area contributed by atoms with Crippen molar-refractivity contribution in [2.75, 3.05) is 19.7 Å². The second-order valence-corrected chi connectivity index (χ2v) is 7.57. The highest BCUT2D eigenvalue weighted by Crippen LogP contribution is 2.32. The first kappa shape index (κ1) is 18.5. The number of carbonyl (C=O) groups excluding carboxylic acids is 2. The minimum Gasteiger partial charge on any atom is -0.490 e. The Labute approximate surface area is 162 Å². The van der Waals surface area contributed by atoms with E-state index in [1.165, 1.54) is 0 Å². The van der Waals surface area contributed by atoms with Gasteiger partial charge in [-0.15, -0.1) is 0 Å². The van der Waals surface area contributed by atoms with E-state index in [9.17, 15) is 9.59 Å². The van der Waals surface area contributed by atoms with Crippen molar-refractivity contribution in [1.82, 2.24) is 15.6 Å². The summed E-state index contributed by atoms with van der Waals surface area (Å²) in [5.41, 5.74) is 5.83. The number of carbonyl (C=O) groups is 2. The van der Waals surface area contributed by atoms with Crippen LogP contribution >= 0.6 is 0 Å². The lowest BCUT2D eigenvalue weighted by atomic mass is 9.94. The Morgan fingerprint density at radius 1 is 1.36 bits per heavy atom. The summed E-state index contributed by atoms with van der Waals surface area (Å²) in [7, 11) is 0. The second-order valence-electron chi connectivity index (χ2n) is 7.57. The van der Waals surface area contributed by atoms with Crippen LogP contribution in [-0.4, -0.2) is 48.6 Å². The van der Waals surface area contributed by atoms with Crippen LogP contribution in [0.3, 0.4) is 0 Å². The molecule has 0 spiro atoms. The third-order valence-electron chi connectivity index (χ3n) is 5.30. The number of primary amides is 1. The monoisotopic (exact) mass is 384 g/mol. The number of hydrogen-bond acceptors (Lipinski definition) is 6. The molecule has 4 N–H and O–H groups in total. The highest BCUT2D eigenvalue weighted by atomic mass is 16.5. The summed E-state index contributed by atoms with van der Waals surface area (Å²) < 4.78 is 11.8. The average Bonchev–Trinajstić information content (AvgIpc) is 3.23. The Hall–Kier alpha value is -2.87. The number of nitrogens with zero attached hydrogens (tertiary/aromatic N) is 1. The highest BCUT2D eigenvalue weighted by Gasteiger charge is 2.45. The lowest BCUT2D eigenvalue weighted by Crippen LogP contribution is -2.37. The predicted octanol–water partition coefficient (Wildman–Crippen LogP) is 0.834. The largest absolute Gasteiger partial charge is 0.490 e. The van der Waals surface area contributed by atoms with E-state index < -0.39 is 5.91 Å². The van der Waals surface area contributed by atoms with Gasteiger partial charge in [0.2, 0.25) is 11.8 Å². The molecule has 0 saturated carbocycles. The van der Waals surface area contributed by atoms with Crippen molar-refractivity contribution in [3.05, 3.63) is 30.0 Å². The van der Waals surface area contributed by atoms with Gasteiger partial charge >= 0.3 is 0 Å². The third kappa shape index (κ3) is 3.35. The minimum absolute atomic E-state index is 0.0123. The van der Waals surface area contributed by atoms with Crippen molar-refractivity contribution in [3.8, 4) is 11.6 Å². The summed E-state index contributed by atoms with van der Waals surface area (Å²) in [6.45, 7) is 5.60. The summed E-state index contributed by atoms with van der Waals surface area (Å²) in [5, 5.41) is 7.79. The molecule has 1 aromatic heterocycles. The first-order valence-electron chi connectivity index (χ1n) is 9.47. The van der Waals surface area contributed by atoms with Crippen LogP contribution in [0.5, 0.6) is 11.6 Å². The Morgan fingerprint density at radius 2 is 2.18 bits per heavy atom. The second kappa shape index (κ2) is 7.27. The van der Waals surface area contributed by atoms with Gasteiger partial charge in [0.05, 0.1) is 23.6 Å². The molecule has 2 saturated heterocycles. The van der Waals surface area contributed by atoms with Gasteiger partial charge in [-0.1, -0.05) is 0 Å².